The molecule has 0 fully saturated rings. The maximum Gasteiger partial charge on any atom is 0.314 e. The average Bonchev–Trinajstić information content (AvgIpc) is 2.52. The van der Waals surface area contributed by atoms with Crippen LogP contribution in [0, 0.1) is 0 Å². The van der Waals surface area contributed by atoms with E-state index in [1.807, 2.05) is 6.92 Å². The van der Waals surface area contributed by atoms with Crippen molar-refractivity contribution in [1.29, 1.82) is 0 Å². The Morgan fingerprint density at radius 2 is 1.21 bits per heavy atom. The van der Waals surface area contributed by atoms with Crippen LogP contribution in [0.5, 0.6) is 0 Å². The maximum absolute atomic E-state index is 10.1. The monoisotopic (exact) mass is 558 g/mol. The normalized spacial score (nSPS) is 14.9. The number of hydrogen-bond donors (Lipinski definition) is 0. The van der Waals surface area contributed by atoms with Crippen molar-refractivity contribution in [3.8, 4) is 0 Å². The van der Waals surface area contributed by atoms with Gasteiger partial charge in [-0.2, -0.15) is 0 Å². The van der Waals surface area contributed by atoms with Crippen molar-refractivity contribution < 1.29 is 35.5 Å². The highest BCUT2D eigenvalue weighted by Crippen LogP contribution is 2.27. The lowest BCUT2D eigenvalue weighted by Crippen LogP contribution is -2.58. The summed E-state index contributed by atoms with van der Waals surface area (Å²) in [5, 5.41) is 0. The first-order valence-electron chi connectivity index (χ1n) is 11.8. The van der Waals surface area contributed by atoms with Crippen LogP contribution in [0.15, 0.2) is 0 Å². The van der Waals surface area contributed by atoms with Gasteiger partial charge in [0.2, 0.25) is 0 Å². The fraction of sp³-hybridized carbons (Fsp3) is 0.950. The molecule has 0 aromatic heterocycles. The van der Waals surface area contributed by atoms with E-state index in [2.05, 4.69) is 76.8 Å². The SMILES string of the molecule is CC(COCCOC=O)OCCC[Si](C)(C)O[Si](C)(C)O[Si](C)(C)O[Si](C)(C)O[Si](C)(C)C. The van der Waals surface area contributed by atoms with Gasteiger partial charge in [-0.05, 0) is 91.4 Å². The smallest absolute Gasteiger partial charge is 0.314 e. The topological polar surface area (TPSA) is 81.7 Å². The molecular formula is C20H50O8Si5. The molecule has 0 heterocycles. The quantitative estimate of drug-likeness (QED) is 0.122. The van der Waals surface area contributed by atoms with Gasteiger partial charge in [-0.25, -0.2) is 0 Å². The van der Waals surface area contributed by atoms with Crippen molar-refractivity contribution in [2.75, 3.05) is 26.4 Å². The van der Waals surface area contributed by atoms with Crippen molar-refractivity contribution in [1.82, 2.24) is 0 Å². The zero-order valence-electron chi connectivity index (χ0n) is 23.2. The summed E-state index contributed by atoms with van der Waals surface area (Å²) in [7, 11) is -10.6. The second-order valence-electron chi connectivity index (χ2n) is 11.3. The summed E-state index contributed by atoms with van der Waals surface area (Å²) in [5.41, 5.74) is 0. The third-order valence-corrected chi connectivity index (χ3v) is 22.2. The van der Waals surface area contributed by atoms with Gasteiger partial charge in [0.15, 0.2) is 16.6 Å². The van der Waals surface area contributed by atoms with Gasteiger partial charge < -0.3 is 30.7 Å². The lowest BCUT2D eigenvalue weighted by Gasteiger charge is -2.42. The van der Waals surface area contributed by atoms with Crippen LogP contribution in [0.4, 0.5) is 0 Å². The Labute approximate surface area is 208 Å². The third kappa shape index (κ3) is 19.2. The molecule has 0 amide bonds. The summed E-state index contributed by atoms with van der Waals surface area (Å²) in [6, 6.07) is 0.995. The standard InChI is InChI=1S/C20H50O8Si5/c1-20(18-22-15-16-23-19-21)24-14-13-17-30(5,6)26-32(9,10)28-33(11,12)27-31(7,8)25-29(2,3)4/h19-20H,13-18H2,1-12H3. The van der Waals surface area contributed by atoms with Crippen molar-refractivity contribution in [3.63, 3.8) is 0 Å². The van der Waals surface area contributed by atoms with E-state index in [9.17, 15) is 4.79 Å². The van der Waals surface area contributed by atoms with E-state index in [-0.39, 0.29) is 12.7 Å². The Kier molecular flexibility index (Phi) is 14.3. The molecule has 0 aliphatic rings. The first-order chi connectivity index (χ1) is 14.8. The zero-order valence-corrected chi connectivity index (χ0v) is 28.2. The molecule has 0 aromatic rings. The Morgan fingerprint density at radius 3 is 1.73 bits per heavy atom. The van der Waals surface area contributed by atoms with Crippen LogP contribution in [0.2, 0.25) is 78.1 Å². The molecule has 0 spiro atoms. The van der Waals surface area contributed by atoms with Gasteiger partial charge >= 0.3 is 25.7 Å². The second kappa shape index (κ2) is 14.2. The number of carbonyl (C=O) groups is 1. The minimum atomic E-state index is -2.40. The molecule has 0 bridgehead atoms. The van der Waals surface area contributed by atoms with Gasteiger partial charge in [0.05, 0.1) is 19.3 Å². The Morgan fingerprint density at radius 1 is 0.697 bits per heavy atom. The van der Waals surface area contributed by atoms with Crippen LogP contribution in [0.3, 0.4) is 0 Å². The van der Waals surface area contributed by atoms with Crippen LogP contribution in [-0.4, -0.2) is 81.3 Å². The van der Waals surface area contributed by atoms with Gasteiger partial charge in [-0.15, -0.1) is 0 Å². The van der Waals surface area contributed by atoms with Gasteiger partial charge in [0.25, 0.3) is 6.47 Å². The van der Waals surface area contributed by atoms with E-state index in [4.69, 9.17) is 25.9 Å². The van der Waals surface area contributed by atoms with E-state index in [0.29, 0.717) is 26.3 Å². The van der Waals surface area contributed by atoms with E-state index in [1.54, 1.807) is 0 Å². The van der Waals surface area contributed by atoms with Gasteiger partial charge in [-0.3, -0.25) is 4.79 Å². The molecule has 13 heteroatoms. The van der Waals surface area contributed by atoms with E-state index in [0.717, 1.165) is 12.5 Å². The van der Waals surface area contributed by atoms with Crippen LogP contribution in [-0.2, 0) is 35.5 Å². The largest absolute Gasteiger partial charge is 0.465 e. The average molecular weight is 559 g/mol. The fourth-order valence-electron chi connectivity index (χ4n) is 3.94. The molecule has 0 aliphatic heterocycles. The molecular weight excluding hydrogens is 509 g/mol. The summed E-state index contributed by atoms with van der Waals surface area (Å²) in [4.78, 5) is 10.1. The molecule has 0 rings (SSSR count). The van der Waals surface area contributed by atoms with E-state index >= 15 is 0 Å². The number of carbonyl (C=O) groups excluding carboxylic acids is 1. The lowest BCUT2D eigenvalue weighted by atomic mass is 10.4. The Hall–Kier alpha value is 0.314. The van der Waals surface area contributed by atoms with E-state index in [1.165, 1.54) is 0 Å². The molecule has 0 radical (unpaired) electrons. The predicted octanol–water partition coefficient (Wildman–Crippen LogP) is 5.18. The molecule has 0 saturated heterocycles. The van der Waals surface area contributed by atoms with Gasteiger partial charge in [0, 0.05) is 6.61 Å². The summed E-state index contributed by atoms with van der Waals surface area (Å²) < 4.78 is 42.0. The highest BCUT2D eigenvalue weighted by molar-refractivity contribution is 6.90. The van der Waals surface area contributed by atoms with Crippen molar-refractivity contribution in [3.05, 3.63) is 0 Å². The van der Waals surface area contributed by atoms with E-state index < -0.39 is 42.3 Å². The second-order valence-corrected chi connectivity index (χ2v) is 31.2. The predicted molar refractivity (Wildman–Crippen MR) is 145 cm³/mol. The fourth-order valence-corrected chi connectivity index (χ4v) is 27.7. The molecule has 0 aromatic carbocycles. The third-order valence-electron chi connectivity index (χ3n) is 4.15. The number of rotatable bonds is 19. The molecule has 0 aliphatic carbocycles. The Bertz CT molecular complexity index is 567. The highest BCUT2D eigenvalue weighted by Gasteiger charge is 2.45. The van der Waals surface area contributed by atoms with Crippen molar-refractivity contribution >= 4 is 48.8 Å². The zero-order chi connectivity index (χ0) is 26.0. The molecule has 8 nitrogen and oxygen atoms in total. The molecule has 1 unspecified atom stereocenters. The number of hydrogen-bond acceptors (Lipinski definition) is 8. The molecule has 0 saturated carbocycles. The summed E-state index contributed by atoms with van der Waals surface area (Å²) in [6.45, 7) is 27.9. The highest BCUT2D eigenvalue weighted by atomic mass is 28.5. The minimum Gasteiger partial charge on any atom is -0.465 e. The summed E-state index contributed by atoms with van der Waals surface area (Å²) in [6.07, 6.45) is 0.930. The number of ether oxygens (including phenoxy) is 3. The first-order valence-corrected chi connectivity index (χ1v) is 26.8. The van der Waals surface area contributed by atoms with Crippen LogP contribution < -0.4 is 0 Å². The van der Waals surface area contributed by atoms with Crippen molar-refractivity contribution in [2.45, 2.75) is 97.5 Å². The van der Waals surface area contributed by atoms with Crippen LogP contribution in [0.1, 0.15) is 13.3 Å². The Balaban J connectivity index is 4.49. The van der Waals surface area contributed by atoms with Gasteiger partial charge in [-0.1, -0.05) is 0 Å². The van der Waals surface area contributed by atoms with Crippen molar-refractivity contribution in [2.24, 2.45) is 0 Å². The van der Waals surface area contributed by atoms with Crippen LogP contribution >= 0.6 is 0 Å². The van der Waals surface area contributed by atoms with Crippen LogP contribution in [0.25, 0.3) is 0 Å². The van der Waals surface area contributed by atoms with Gasteiger partial charge in [0.1, 0.15) is 6.61 Å². The minimum absolute atomic E-state index is 0.00377. The molecule has 1 atom stereocenters. The lowest BCUT2D eigenvalue weighted by molar-refractivity contribution is -0.130. The summed E-state index contributed by atoms with van der Waals surface area (Å²) in [5.74, 6) is 0. The molecule has 198 valence electrons. The first kappa shape index (κ1) is 33.3. The summed E-state index contributed by atoms with van der Waals surface area (Å²) >= 11 is 0. The molecule has 0 N–H and O–H groups in total. The maximum atomic E-state index is 10.1. The molecule has 33 heavy (non-hydrogen) atoms.